The van der Waals surface area contributed by atoms with E-state index in [-0.39, 0.29) is 29.4 Å². The first-order valence-corrected chi connectivity index (χ1v) is 11.0. The molecule has 0 radical (unpaired) electrons. The van der Waals surface area contributed by atoms with Gasteiger partial charge in [-0.05, 0) is 30.5 Å². The molecule has 1 heterocycles. The van der Waals surface area contributed by atoms with Crippen molar-refractivity contribution < 1.29 is 13.2 Å². The zero-order valence-corrected chi connectivity index (χ0v) is 19.5. The maximum Gasteiger partial charge on any atom is 0.191 e. The highest BCUT2D eigenvalue weighted by Crippen LogP contribution is 2.52. The number of fused-ring (bicyclic) bond motifs is 1. The van der Waals surface area contributed by atoms with Gasteiger partial charge in [-0.3, -0.25) is 4.99 Å². The van der Waals surface area contributed by atoms with E-state index in [2.05, 4.69) is 29.5 Å². The lowest BCUT2D eigenvalue weighted by Crippen LogP contribution is -2.68. The molecular weight excluding hydrogens is 477 g/mol. The third kappa shape index (κ3) is 4.76. The van der Waals surface area contributed by atoms with Crippen molar-refractivity contribution in [2.45, 2.75) is 43.7 Å². The lowest BCUT2D eigenvalue weighted by molar-refractivity contribution is -0.106. The minimum atomic E-state index is -3.14. The summed E-state index contributed by atoms with van der Waals surface area (Å²) in [6, 6.07) is 7.42. The number of aliphatic imine (C=N–C) groups is 1. The third-order valence-electron chi connectivity index (χ3n) is 5.67. The summed E-state index contributed by atoms with van der Waals surface area (Å²) in [4.78, 5) is 4.70. The zero-order valence-electron chi connectivity index (χ0n) is 16.4. The minimum Gasteiger partial charge on any atom is -0.377 e. The first-order chi connectivity index (χ1) is 12.2. The Morgan fingerprint density at radius 2 is 1.96 bits per heavy atom. The van der Waals surface area contributed by atoms with Gasteiger partial charge in [-0.25, -0.2) is 8.42 Å². The van der Waals surface area contributed by atoms with E-state index in [9.17, 15) is 8.42 Å². The van der Waals surface area contributed by atoms with Crippen molar-refractivity contribution >= 4 is 39.8 Å². The molecular formula is C19H30IN3O3S. The van der Waals surface area contributed by atoms with Crippen LogP contribution in [0.4, 0.5) is 0 Å². The van der Waals surface area contributed by atoms with E-state index in [4.69, 9.17) is 4.74 Å². The van der Waals surface area contributed by atoms with Crippen molar-refractivity contribution in [1.82, 2.24) is 10.6 Å². The molecule has 1 aromatic rings. The molecule has 1 aromatic carbocycles. The van der Waals surface area contributed by atoms with Gasteiger partial charge in [0.2, 0.25) is 0 Å². The Kier molecular flexibility index (Phi) is 7.18. The van der Waals surface area contributed by atoms with Gasteiger partial charge < -0.3 is 15.4 Å². The molecule has 3 atom stereocenters. The zero-order chi connectivity index (χ0) is 18.9. The number of rotatable bonds is 5. The van der Waals surface area contributed by atoms with Gasteiger partial charge in [0.1, 0.15) is 0 Å². The van der Waals surface area contributed by atoms with Crippen LogP contribution in [0.2, 0.25) is 0 Å². The van der Waals surface area contributed by atoms with Crippen LogP contribution in [-0.2, 0) is 21.0 Å². The van der Waals surface area contributed by atoms with Crippen LogP contribution >= 0.6 is 24.0 Å². The second kappa shape index (κ2) is 8.65. The summed E-state index contributed by atoms with van der Waals surface area (Å²) in [6.07, 6.45) is 3.48. The average molecular weight is 507 g/mol. The van der Waals surface area contributed by atoms with E-state index >= 15 is 0 Å². The van der Waals surface area contributed by atoms with Gasteiger partial charge in [-0.15, -0.1) is 24.0 Å². The highest BCUT2D eigenvalue weighted by molar-refractivity contribution is 14.0. The Morgan fingerprint density at radius 1 is 1.30 bits per heavy atom. The predicted molar refractivity (Wildman–Crippen MR) is 119 cm³/mol. The Morgan fingerprint density at radius 3 is 2.56 bits per heavy atom. The number of hydrogen-bond donors (Lipinski definition) is 2. The average Bonchev–Trinajstić information content (AvgIpc) is 3.04. The normalized spacial score (nSPS) is 26.5. The van der Waals surface area contributed by atoms with Crippen LogP contribution in [-0.4, -0.2) is 53.0 Å². The molecule has 2 fully saturated rings. The number of sulfone groups is 1. The fourth-order valence-corrected chi connectivity index (χ4v) is 4.82. The fraction of sp³-hybridized carbons (Fsp3) is 0.632. The maximum absolute atomic E-state index is 11.5. The van der Waals surface area contributed by atoms with Crippen LogP contribution < -0.4 is 10.6 Å². The van der Waals surface area contributed by atoms with Crippen molar-refractivity contribution in [3.05, 3.63) is 29.8 Å². The van der Waals surface area contributed by atoms with Crippen molar-refractivity contribution in [3.8, 4) is 0 Å². The smallest absolute Gasteiger partial charge is 0.191 e. The summed E-state index contributed by atoms with van der Waals surface area (Å²) >= 11 is 0. The second-order valence-electron chi connectivity index (χ2n) is 7.85. The summed E-state index contributed by atoms with van der Waals surface area (Å²) in [7, 11) is -1.36. The van der Waals surface area contributed by atoms with Crippen LogP contribution in [0.1, 0.15) is 25.8 Å². The first kappa shape index (κ1) is 22.4. The maximum atomic E-state index is 11.5. The molecule has 2 aliphatic rings. The molecule has 27 heavy (non-hydrogen) atoms. The third-order valence-corrected chi connectivity index (χ3v) is 6.80. The van der Waals surface area contributed by atoms with Gasteiger partial charge in [0.05, 0.1) is 11.0 Å². The molecule has 1 aliphatic heterocycles. The quantitative estimate of drug-likeness (QED) is 0.363. The first-order valence-electron chi connectivity index (χ1n) is 9.11. The van der Waals surface area contributed by atoms with Crippen molar-refractivity contribution in [3.63, 3.8) is 0 Å². The molecule has 3 unspecified atom stereocenters. The summed E-state index contributed by atoms with van der Waals surface area (Å²) in [5, 5.41) is 6.92. The summed E-state index contributed by atoms with van der Waals surface area (Å²) in [5.74, 6) is 1.37. The van der Waals surface area contributed by atoms with E-state index in [1.54, 1.807) is 19.2 Å². The number of nitrogens with zero attached hydrogens (tertiary/aromatic N) is 1. The lowest BCUT2D eigenvalue weighted by atomic mass is 9.57. The standard InChI is InChI=1S/C19H29N3O3S.HI/c1-19(2)16(15-10-12-25-17(15)19)22-18(20-3)21-11-9-13-5-7-14(8-6-13)26(4,23)24;/h5-8,15-17H,9-12H2,1-4H3,(H2,20,21,22);1H. The molecule has 152 valence electrons. The van der Waals surface area contributed by atoms with Gasteiger partial charge >= 0.3 is 0 Å². The number of guanidine groups is 1. The van der Waals surface area contributed by atoms with Gasteiger partial charge in [-0.2, -0.15) is 0 Å². The molecule has 0 spiro atoms. The van der Waals surface area contributed by atoms with E-state index in [1.807, 2.05) is 12.1 Å². The Hall–Kier alpha value is -0.870. The van der Waals surface area contributed by atoms with E-state index in [1.165, 1.54) is 6.26 Å². The molecule has 2 N–H and O–H groups in total. The summed E-state index contributed by atoms with van der Waals surface area (Å²) < 4.78 is 28.9. The van der Waals surface area contributed by atoms with Crippen molar-refractivity contribution in [2.75, 3.05) is 26.5 Å². The number of ether oxygens (including phenoxy) is 1. The molecule has 1 aliphatic carbocycles. The molecule has 0 bridgehead atoms. The predicted octanol–water partition coefficient (Wildman–Crippen LogP) is 2.23. The molecule has 3 rings (SSSR count). The summed E-state index contributed by atoms with van der Waals surface area (Å²) in [5.41, 5.74) is 1.20. The van der Waals surface area contributed by atoms with Crippen LogP contribution in [0.5, 0.6) is 0 Å². The molecule has 6 nitrogen and oxygen atoms in total. The number of nitrogens with one attached hydrogen (secondary N) is 2. The van der Waals surface area contributed by atoms with Crippen LogP contribution in [0.3, 0.4) is 0 Å². The highest BCUT2D eigenvalue weighted by Gasteiger charge is 2.59. The number of benzene rings is 1. The largest absolute Gasteiger partial charge is 0.377 e. The van der Waals surface area contributed by atoms with Gasteiger partial charge in [-0.1, -0.05) is 26.0 Å². The molecule has 8 heteroatoms. The van der Waals surface area contributed by atoms with Crippen molar-refractivity contribution in [2.24, 2.45) is 16.3 Å². The van der Waals surface area contributed by atoms with Crippen molar-refractivity contribution in [1.29, 1.82) is 0 Å². The molecule has 1 saturated carbocycles. The van der Waals surface area contributed by atoms with Crippen LogP contribution in [0, 0.1) is 11.3 Å². The number of hydrogen-bond acceptors (Lipinski definition) is 4. The van der Waals surface area contributed by atoms with Gasteiger partial charge in [0, 0.05) is 43.8 Å². The monoisotopic (exact) mass is 507 g/mol. The lowest BCUT2D eigenvalue weighted by Gasteiger charge is -2.54. The SMILES string of the molecule is CN=C(NCCc1ccc(S(C)(=O)=O)cc1)NC1C2CCOC2C1(C)C.I. The Labute approximate surface area is 179 Å². The van der Waals surface area contributed by atoms with E-state index < -0.39 is 9.84 Å². The van der Waals surface area contributed by atoms with E-state index in [0.717, 1.165) is 37.5 Å². The molecule has 1 saturated heterocycles. The van der Waals surface area contributed by atoms with Crippen LogP contribution in [0.15, 0.2) is 34.2 Å². The fourth-order valence-electron chi connectivity index (χ4n) is 4.19. The van der Waals surface area contributed by atoms with Gasteiger partial charge in [0.15, 0.2) is 15.8 Å². The Bertz CT molecular complexity index is 778. The molecule has 0 aromatic heterocycles. The highest BCUT2D eigenvalue weighted by atomic mass is 127. The topological polar surface area (TPSA) is 79.8 Å². The van der Waals surface area contributed by atoms with Gasteiger partial charge in [0.25, 0.3) is 0 Å². The molecule has 0 amide bonds. The number of halogens is 1. The summed E-state index contributed by atoms with van der Waals surface area (Å²) in [6.45, 7) is 6.07. The Balaban J connectivity index is 0.00000261. The van der Waals surface area contributed by atoms with Crippen LogP contribution in [0.25, 0.3) is 0 Å². The van der Waals surface area contributed by atoms with E-state index in [0.29, 0.717) is 23.0 Å². The minimum absolute atomic E-state index is 0. The second-order valence-corrected chi connectivity index (χ2v) is 9.87.